The van der Waals surface area contributed by atoms with Crippen molar-refractivity contribution in [2.24, 2.45) is 12.9 Å². The van der Waals surface area contributed by atoms with E-state index >= 15 is 0 Å². The second-order valence-corrected chi connectivity index (χ2v) is 4.65. The van der Waals surface area contributed by atoms with Crippen LogP contribution in [0.3, 0.4) is 0 Å². The number of nitrogens with two attached hydrogens (primary N) is 1. The van der Waals surface area contributed by atoms with Crippen LogP contribution in [0.5, 0.6) is 5.75 Å². The summed E-state index contributed by atoms with van der Waals surface area (Å²) in [5.74, 6) is 5.24. The number of carbonyl (C=O) groups is 1. The average molecular weight is 287 g/mol. The van der Waals surface area contributed by atoms with Gasteiger partial charge in [0.15, 0.2) is 0 Å². The number of amides is 1. The molecule has 1 aromatic heterocycles. The van der Waals surface area contributed by atoms with Crippen molar-refractivity contribution in [1.29, 1.82) is 0 Å². The van der Waals surface area contributed by atoms with E-state index in [1.165, 1.54) is 10.6 Å². The molecule has 0 unspecified atom stereocenters. The van der Waals surface area contributed by atoms with Crippen LogP contribution >= 0.6 is 0 Å². The number of hydrazine groups is 1. The Bertz CT molecular complexity index is 750. The lowest BCUT2D eigenvalue weighted by Crippen LogP contribution is -2.36. The van der Waals surface area contributed by atoms with Crippen LogP contribution < -0.4 is 21.6 Å². The third-order valence-corrected chi connectivity index (χ3v) is 3.37. The first-order valence-corrected chi connectivity index (χ1v) is 6.35. The van der Waals surface area contributed by atoms with Gasteiger partial charge in [-0.25, -0.2) is 5.84 Å². The fraction of sp³-hybridized carbons (Fsp3) is 0.200. The predicted octanol–water partition coefficient (Wildman–Crippen LogP) is 0.973. The van der Waals surface area contributed by atoms with E-state index in [2.05, 4.69) is 0 Å². The normalized spacial score (nSPS) is 10.3. The molecule has 3 N–H and O–H groups in total. The smallest absolute Gasteiger partial charge is 0.270 e. The summed E-state index contributed by atoms with van der Waals surface area (Å²) in [5.41, 5.74) is 4.11. The van der Waals surface area contributed by atoms with Gasteiger partial charge in [-0.15, -0.1) is 0 Å². The molecule has 2 rings (SSSR count). The second kappa shape index (κ2) is 5.80. The molecule has 1 amide bonds. The highest BCUT2D eigenvalue weighted by Gasteiger charge is 2.13. The third kappa shape index (κ3) is 2.66. The molecule has 6 heteroatoms. The molecule has 0 bridgehead atoms. The van der Waals surface area contributed by atoms with Crippen LogP contribution in [-0.4, -0.2) is 17.6 Å². The molecule has 21 heavy (non-hydrogen) atoms. The molecule has 1 aromatic carbocycles. The topological polar surface area (TPSA) is 86.3 Å². The van der Waals surface area contributed by atoms with Crippen LogP contribution in [0.25, 0.3) is 11.3 Å². The summed E-state index contributed by atoms with van der Waals surface area (Å²) in [4.78, 5) is 23.7. The van der Waals surface area contributed by atoms with Crippen LogP contribution in [0.4, 0.5) is 0 Å². The summed E-state index contributed by atoms with van der Waals surface area (Å²) >= 11 is 0. The van der Waals surface area contributed by atoms with E-state index in [4.69, 9.17) is 10.6 Å². The lowest BCUT2D eigenvalue weighted by molar-refractivity contribution is 0.0951. The van der Waals surface area contributed by atoms with Gasteiger partial charge in [-0.3, -0.25) is 15.0 Å². The Morgan fingerprint density at radius 3 is 2.57 bits per heavy atom. The average Bonchev–Trinajstić information content (AvgIpc) is 2.49. The van der Waals surface area contributed by atoms with Crippen molar-refractivity contribution in [3.63, 3.8) is 0 Å². The highest BCUT2D eigenvalue weighted by atomic mass is 16.5. The summed E-state index contributed by atoms with van der Waals surface area (Å²) < 4.78 is 6.64. The van der Waals surface area contributed by atoms with Gasteiger partial charge in [0.25, 0.3) is 11.5 Å². The summed E-state index contributed by atoms with van der Waals surface area (Å²) in [6, 6.07) is 8.82. The number of aryl methyl sites for hydroxylation is 1. The van der Waals surface area contributed by atoms with Gasteiger partial charge in [-0.2, -0.15) is 0 Å². The molecule has 110 valence electrons. The Hall–Kier alpha value is -2.60. The minimum Gasteiger partial charge on any atom is -0.496 e. The largest absolute Gasteiger partial charge is 0.496 e. The van der Waals surface area contributed by atoms with E-state index < -0.39 is 11.5 Å². The van der Waals surface area contributed by atoms with Crippen molar-refractivity contribution in [3.8, 4) is 17.0 Å². The molecule has 0 atom stereocenters. The zero-order valence-electron chi connectivity index (χ0n) is 12.1. The summed E-state index contributed by atoms with van der Waals surface area (Å²) in [5, 5.41) is 0. The maximum Gasteiger partial charge on any atom is 0.270 e. The number of hydrogen-bond donors (Lipinski definition) is 2. The number of pyridine rings is 1. The molecule has 6 nitrogen and oxygen atoms in total. The number of nitrogens with one attached hydrogen (secondary N) is 1. The molecular formula is C15H17N3O3. The minimum absolute atomic E-state index is 0.00832. The van der Waals surface area contributed by atoms with Gasteiger partial charge in [-0.1, -0.05) is 0 Å². The molecule has 1 heterocycles. The van der Waals surface area contributed by atoms with Crippen molar-refractivity contribution < 1.29 is 9.53 Å². The van der Waals surface area contributed by atoms with Crippen molar-refractivity contribution >= 4 is 5.91 Å². The summed E-state index contributed by atoms with van der Waals surface area (Å²) in [6.45, 7) is 1.93. The number of hydrogen-bond acceptors (Lipinski definition) is 4. The van der Waals surface area contributed by atoms with Gasteiger partial charge in [0.05, 0.1) is 12.8 Å². The fourth-order valence-corrected chi connectivity index (χ4v) is 2.21. The zero-order valence-corrected chi connectivity index (χ0v) is 12.1. The number of nitrogen functional groups attached to an aromatic ring is 1. The predicted molar refractivity (Wildman–Crippen MR) is 80.1 cm³/mol. The van der Waals surface area contributed by atoms with E-state index in [-0.39, 0.29) is 5.56 Å². The molecule has 0 saturated heterocycles. The van der Waals surface area contributed by atoms with E-state index in [1.807, 2.05) is 30.5 Å². The highest BCUT2D eigenvalue weighted by Crippen LogP contribution is 2.25. The van der Waals surface area contributed by atoms with Gasteiger partial charge in [-0.05, 0) is 48.4 Å². The monoisotopic (exact) mass is 287 g/mol. The number of methoxy groups -OCH3 is 1. The first kappa shape index (κ1) is 14.8. The van der Waals surface area contributed by atoms with Crippen molar-refractivity contribution in [3.05, 3.63) is 51.8 Å². The number of carbonyl (C=O) groups excluding carboxylic acids is 1. The van der Waals surface area contributed by atoms with E-state index in [0.717, 1.165) is 16.9 Å². The summed E-state index contributed by atoms with van der Waals surface area (Å²) in [7, 11) is 3.22. The first-order chi connectivity index (χ1) is 9.99. The van der Waals surface area contributed by atoms with Crippen LogP contribution in [-0.2, 0) is 7.05 Å². The second-order valence-electron chi connectivity index (χ2n) is 4.65. The Morgan fingerprint density at radius 2 is 2.00 bits per heavy atom. The maximum absolute atomic E-state index is 12.2. The number of nitrogens with zero attached hydrogens (tertiary/aromatic N) is 1. The van der Waals surface area contributed by atoms with Crippen molar-refractivity contribution in [2.75, 3.05) is 7.11 Å². The zero-order chi connectivity index (χ0) is 15.6. The standard InChI is InChI=1S/C15H17N3O3/c1-9-8-10(4-7-13(9)21-3)12-6-5-11(14(19)17-16)15(20)18(12)2/h4-8H,16H2,1-3H3,(H,17,19). The van der Waals surface area contributed by atoms with Crippen LogP contribution in [0, 0.1) is 6.92 Å². The molecule has 2 aromatic rings. The Labute approximate surface area is 122 Å². The molecule has 0 fully saturated rings. The van der Waals surface area contributed by atoms with Crippen LogP contribution in [0.1, 0.15) is 15.9 Å². The third-order valence-electron chi connectivity index (χ3n) is 3.37. The lowest BCUT2D eigenvalue weighted by atomic mass is 10.1. The fourth-order valence-electron chi connectivity index (χ4n) is 2.21. The van der Waals surface area contributed by atoms with E-state index in [1.54, 1.807) is 20.2 Å². The maximum atomic E-state index is 12.2. The quantitative estimate of drug-likeness (QED) is 0.500. The van der Waals surface area contributed by atoms with Gasteiger partial charge < -0.3 is 9.30 Å². The van der Waals surface area contributed by atoms with Crippen molar-refractivity contribution in [1.82, 2.24) is 9.99 Å². The number of rotatable bonds is 3. The number of ether oxygens (including phenoxy) is 1. The highest BCUT2D eigenvalue weighted by molar-refractivity contribution is 5.93. The van der Waals surface area contributed by atoms with E-state index in [9.17, 15) is 9.59 Å². The van der Waals surface area contributed by atoms with Gasteiger partial charge >= 0.3 is 0 Å². The molecule has 0 radical (unpaired) electrons. The van der Waals surface area contributed by atoms with Crippen LogP contribution in [0.2, 0.25) is 0 Å². The van der Waals surface area contributed by atoms with Crippen molar-refractivity contribution in [2.45, 2.75) is 6.92 Å². The number of aromatic nitrogens is 1. The first-order valence-electron chi connectivity index (χ1n) is 6.35. The lowest BCUT2D eigenvalue weighted by Gasteiger charge is -2.12. The van der Waals surface area contributed by atoms with Gasteiger partial charge in [0.1, 0.15) is 11.3 Å². The molecule has 0 spiro atoms. The van der Waals surface area contributed by atoms with Gasteiger partial charge in [0.2, 0.25) is 0 Å². The van der Waals surface area contributed by atoms with Gasteiger partial charge in [0, 0.05) is 7.05 Å². The Balaban J connectivity index is 2.56. The molecule has 0 saturated carbocycles. The number of benzene rings is 1. The van der Waals surface area contributed by atoms with Crippen LogP contribution in [0.15, 0.2) is 35.1 Å². The molecular weight excluding hydrogens is 270 g/mol. The van der Waals surface area contributed by atoms with E-state index in [0.29, 0.717) is 5.69 Å². The molecule has 0 aliphatic heterocycles. The minimum atomic E-state index is -0.604. The Kier molecular flexibility index (Phi) is 4.09. The SMILES string of the molecule is COc1ccc(-c2ccc(C(=O)NN)c(=O)n2C)cc1C. The molecule has 0 aliphatic carbocycles. The molecule has 0 aliphatic rings. The Morgan fingerprint density at radius 1 is 1.29 bits per heavy atom. The summed E-state index contributed by atoms with van der Waals surface area (Å²) in [6.07, 6.45) is 0.